The van der Waals surface area contributed by atoms with E-state index < -0.39 is 0 Å². The summed E-state index contributed by atoms with van der Waals surface area (Å²) >= 11 is 0. The molecule has 1 aliphatic heterocycles. The van der Waals surface area contributed by atoms with E-state index in [1.165, 1.54) is 0 Å². The maximum Gasteiger partial charge on any atom is 0.255 e. The summed E-state index contributed by atoms with van der Waals surface area (Å²) in [4.78, 5) is 39.2. The van der Waals surface area contributed by atoms with Crippen molar-refractivity contribution in [2.45, 2.75) is 52.9 Å². The monoisotopic (exact) mass is 417 g/mol. The Morgan fingerprint density at radius 3 is 2.73 bits per heavy atom. The third-order valence-corrected chi connectivity index (χ3v) is 5.09. The molecule has 0 spiro atoms. The zero-order valence-electron chi connectivity index (χ0n) is 18.5. The van der Waals surface area contributed by atoms with Gasteiger partial charge in [-0.25, -0.2) is 0 Å². The molecular weight excluding hydrogens is 382 g/mol. The summed E-state index contributed by atoms with van der Waals surface area (Å²) in [7, 11) is 0. The molecular formula is C23H35N3O4. The number of carbonyl (C=O) groups is 3. The molecule has 0 radical (unpaired) electrons. The number of rotatable bonds is 4. The number of aryl methyl sites for hydroxylation is 1. The van der Waals surface area contributed by atoms with Crippen LogP contribution in [-0.4, -0.2) is 55.4 Å². The number of carbonyl (C=O) groups excluding carboxylic acids is 3. The van der Waals surface area contributed by atoms with Crippen molar-refractivity contribution >= 4 is 17.7 Å². The van der Waals surface area contributed by atoms with Crippen LogP contribution in [0.2, 0.25) is 0 Å². The molecule has 2 rings (SSSR count). The maximum atomic E-state index is 12.7. The van der Waals surface area contributed by atoms with Crippen molar-refractivity contribution in [1.29, 1.82) is 0 Å². The van der Waals surface area contributed by atoms with E-state index >= 15 is 0 Å². The third-order valence-electron chi connectivity index (χ3n) is 5.09. The van der Waals surface area contributed by atoms with Crippen LogP contribution in [0.5, 0.6) is 5.75 Å². The van der Waals surface area contributed by atoms with Crippen LogP contribution in [0.25, 0.3) is 0 Å². The van der Waals surface area contributed by atoms with Gasteiger partial charge in [0.2, 0.25) is 11.8 Å². The summed E-state index contributed by atoms with van der Waals surface area (Å²) in [6.45, 7) is 8.15. The molecule has 7 nitrogen and oxygen atoms in total. The van der Waals surface area contributed by atoms with Crippen molar-refractivity contribution < 1.29 is 19.1 Å². The summed E-state index contributed by atoms with van der Waals surface area (Å²) in [5, 5.41) is 5.74. The fraction of sp³-hybridized carbons (Fsp3) is 0.609. The van der Waals surface area contributed by atoms with E-state index in [4.69, 9.17) is 4.74 Å². The van der Waals surface area contributed by atoms with Gasteiger partial charge in [-0.15, -0.1) is 0 Å². The molecule has 1 aromatic carbocycles. The first-order valence-electron chi connectivity index (χ1n) is 10.9. The summed E-state index contributed by atoms with van der Waals surface area (Å²) in [5.74, 6) is 0.853. The Hall–Kier alpha value is -2.57. The zero-order valence-corrected chi connectivity index (χ0v) is 18.5. The second-order valence-electron chi connectivity index (χ2n) is 8.22. The van der Waals surface area contributed by atoms with Crippen LogP contribution in [0.4, 0.5) is 0 Å². The second kappa shape index (κ2) is 12.2. The third kappa shape index (κ3) is 8.05. The molecule has 0 aliphatic carbocycles. The van der Waals surface area contributed by atoms with Crippen LogP contribution in [0.15, 0.2) is 18.2 Å². The van der Waals surface area contributed by atoms with E-state index in [2.05, 4.69) is 24.5 Å². The summed E-state index contributed by atoms with van der Waals surface area (Å²) in [5.41, 5.74) is 1.42. The summed E-state index contributed by atoms with van der Waals surface area (Å²) in [6, 6.07) is 5.45. The highest BCUT2D eigenvalue weighted by Gasteiger charge is 2.17. The molecule has 1 aromatic rings. The Kier molecular flexibility index (Phi) is 9.64. The lowest BCUT2D eigenvalue weighted by Crippen LogP contribution is -2.39. The summed E-state index contributed by atoms with van der Waals surface area (Å²) < 4.78 is 5.72. The van der Waals surface area contributed by atoms with Crippen molar-refractivity contribution in [3.05, 3.63) is 29.3 Å². The van der Waals surface area contributed by atoms with Crippen molar-refractivity contribution in [2.24, 2.45) is 5.92 Å². The Morgan fingerprint density at radius 1 is 1.17 bits per heavy atom. The Bertz CT molecular complexity index is 733. The molecule has 166 valence electrons. The molecule has 0 saturated heterocycles. The number of benzene rings is 1. The number of hydrogen-bond donors (Lipinski definition) is 2. The molecule has 3 amide bonds. The quantitative estimate of drug-likeness (QED) is 0.788. The van der Waals surface area contributed by atoms with E-state index in [1.807, 2.05) is 13.0 Å². The van der Waals surface area contributed by atoms with E-state index in [0.29, 0.717) is 62.7 Å². The minimum Gasteiger partial charge on any atom is -0.491 e. The molecule has 1 heterocycles. The van der Waals surface area contributed by atoms with E-state index in [0.717, 1.165) is 18.4 Å². The van der Waals surface area contributed by atoms with E-state index in [9.17, 15) is 14.4 Å². The highest BCUT2D eigenvalue weighted by atomic mass is 16.5. The molecule has 0 bridgehead atoms. The normalized spacial score (nSPS) is 16.6. The van der Waals surface area contributed by atoms with Crippen molar-refractivity contribution in [3.63, 3.8) is 0 Å². The van der Waals surface area contributed by atoms with Crippen LogP contribution in [0, 0.1) is 12.8 Å². The van der Waals surface area contributed by atoms with Gasteiger partial charge in [0.25, 0.3) is 5.91 Å². The van der Waals surface area contributed by atoms with Gasteiger partial charge in [-0.2, -0.15) is 0 Å². The topological polar surface area (TPSA) is 87.7 Å². The predicted molar refractivity (Wildman–Crippen MR) is 117 cm³/mol. The first-order chi connectivity index (χ1) is 14.4. The lowest BCUT2D eigenvalue weighted by molar-refractivity contribution is -0.132. The SMILES string of the molecule is Cc1ccc2c(c1)C(=O)NCCN(C(=O)CCCC(C)C)CCCC(=O)NCCO2. The molecule has 2 N–H and O–H groups in total. The Morgan fingerprint density at radius 2 is 1.97 bits per heavy atom. The fourth-order valence-electron chi connectivity index (χ4n) is 3.40. The van der Waals surface area contributed by atoms with Gasteiger partial charge in [-0.3, -0.25) is 14.4 Å². The van der Waals surface area contributed by atoms with Gasteiger partial charge in [-0.05, 0) is 37.8 Å². The van der Waals surface area contributed by atoms with Gasteiger partial charge in [0.05, 0.1) is 12.1 Å². The van der Waals surface area contributed by atoms with Crippen LogP contribution in [0.1, 0.15) is 61.9 Å². The molecule has 0 atom stereocenters. The number of hydrogen-bond acceptors (Lipinski definition) is 4. The van der Waals surface area contributed by atoms with Crippen LogP contribution >= 0.6 is 0 Å². The van der Waals surface area contributed by atoms with Crippen LogP contribution in [0.3, 0.4) is 0 Å². The van der Waals surface area contributed by atoms with Gasteiger partial charge >= 0.3 is 0 Å². The first-order valence-corrected chi connectivity index (χ1v) is 10.9. The van der Waals surface area contributed by atoms with E-state index in [1.54, 1.807) is 17.0 Å². The highest BCUT2D eigenvalue weighted by molar-refractivity contribution is 5.97. The zero-order chi connectivity index (χ0) is 21.9. The molecule has 1 aliphatic rings. The molecule has 0 saturated carbocycles. The second-order valence-corrected chi connectivity index (χ2v) is 8.22. The lowest BCUT2D eigenvalue weighted by Gasteiger charge is -2.23. The average molecular weight is 418 g/mol. The van der Waals surface area contributed by atoms with Gasteiger partial charge < -0.3 is 20.3 Å². The van der Waals surface area contributed by atoms with Crippen molar-refractivity contribution in [1.82, 2.24) is 15.5 Å². The molecule has 30 heavy (non-hydrogen) atoms. The van der Waals surface area contributed by atoms with Gasteiger partial charge in [0.15, 0.2) is 0 Å². The number of nitrogens with zero attached hydrogens (tertiary/aromatic N) is 1. The smallest absolute Gasteiger partial charge is 0.255 e. The van der Waals surface area contributed by atoms with Crippen molar-refractivity contribution in [3.8, 4) is 5.75 Å². The fourth-order valence-corrected chi connectivity index (χ4v) is 3.40. The van der Waals surface area contributed by atoms with Crippen LogP contribution in [-0.2, 0) is 9.59 Å². The largest absolute Gasteiger partial charge is 0.491 e. The molecule has 7 heteroatoms. The minimum absolute atomic E-state index is 0.0565. The van der Waals surface area contributed by atoms with Gasteiger partial charge in [-0.1, -0.05) is 31.9 Å². The van der Waals surface area contributed by atoms with Crippen LogP contribution < -0.4 is 15.4 Å². The Balaban J connectivity index is 2.07. The van der Waals surface area contributed by atoms with Crippen molar-refractivity contribution in [2.75, 3.05) is 32.8 Å². The Labute approximate surface area is 179 Å². The number of amides is 3. The maximum absolute atomic E-state index is 12.7. The number of fused-ring (bicyclic) bond motifs is 1. The van der Waals surface area contributed by atoms with Gasteiger partial charge in [0.1, 0.15) is 12.4 Å². The van der Waals surface area contributed by atoms with Gasteiger partial charge in [0, 0.05) is 32.5 Å². The summed E-state index contributed by atoms with van der Waals surface area (Å²) in [6.07, 6.45) is 3.31. The molecule has 0 unspecified atom stereocenters. The number of ether oxygens (including phenoxy) is 1. The first kappa shape index (κ1) is 23.7. The molecule has 0 fully saturated rings. The van der Waals surface area contributed by atoms with E-state index in [-0.39, 0.29) is 24.3 Å². The standard InChI is InChI=1S/C23H35N3O4/c1-17(2)6-4-8-22(28)26-13-5-7-21(27)24-12-15-30-20-10-9-18(3)16-19(20)23(29)25-11-14-26/h9-10,16-17H,4-8,11-15H2,1-3H3,(H,24,27)(H,25,29). The number of nitrogens with one attached hydrogen (secondary N) is 2. The average Bonchev–Trinajstić information content (AvgIpc) is 2.70. The molecule has 0 aromatic heterocycles. The minimum atomic E-state index is -0.222. The highest BCUT2D eigenvalue weighted by Crippen LogP contribution is 2.20. The lowest BCUT2D eigenvalue weighted by atomic mass is 10.1. The predicted octanol–water partition coefficient (Wildman–Crippen LogP) is 2.67.